The molecule has 1 amide bonds. The van der Waals surface area contributed by atoms with Crippen molar-refractivity contribution in [3.63, 3.8) is 0 Å². The number of para-hydroxylation sites is 1. The number of benzene rings is 2. The van der Waals surface area contributed by atoms with Crippen molar-refractivity contribution in [3.8, 4) is 12.3 Å². The molecule has 6 heteroatoms. The molecule has 0 aliphatic heterocycles. The highest BCUT2D eigenvalue weighted by molar-refractivity contribution is 6.88. The topological polar surface area (TPSA) is 56.1 Å². The van der Waals surface area contributed by atoms with Gasteiger partial charge in [0.1, 0.15) is 16.9 Å². The van der Waals surface area contributed by atoms with Crippen LogP contribution in [0.5, 0.6) is 0 Å². The molecule has 1 N–H and O–H groups in total. The van der Waals surface area contributed by atoms with Gasteiger partial charge in [0.2, 0.25) is 0 Å². The normalized spacial score (nSPS) is 13.1. The second-order valence-electron chi connectivity index (χ2n) is 11.2. The Morgan fingerprint density at radius 1 is 1.18 bits per heavy atom. The predicted molar refractivity (Wildman–Crippen MR) is 143 cm³/mol. The minimum absolute atomic E-state index is 0.0886. The van der Waals surface area contributed by atoms with Crippen LogP contribution >= 0.6 is 0 Å². The number of alkyl carbamates (subject to hydrolysis) is 1. The molecule has 180 valence electrons. The zero-order valence-corrected chi connectivity index (χ0v) is 22.7. The Labute approximate surface area is 204 Å². The lowest BCUT2D eigenvalue weighted by Gasteiger charge is -2.26. The monoisotopic (exact) mass is 475 g/mol. The first-order chi connectivity index (χ1) is 15.8. The van der Waals surface area contributed by atoms with Gasteiger partial charge in [-0.3, -0.25) is 0 Å². The lowest BCUT2D eigenvalue weighted by molar-refractivity contribution is 0.0485. The van der Waals surface area contributed by atoms with Crippen LogP contribution in [-0.4, -0.2) is 29.3 Å². The summed E-state index contributed by atoms with van der Waals surface area (Å²) in [5.74, 6) is 3.62. The predicted octanol–water partition coefficient (Wildman–Crippen LogP) is 5.83. The molecular formula is C28H37N3O2Si. The summed E-state index contributed by atoms with van der Waals surface area (Å²) in [5.41, 5.74) is 3.10. The summed E-state index contributed by atoms with van der Waals surface area (Å²) in [6.07, 6.45) is 5.34. The van der Waals surface area contributed by atoms with E-state index >= 15 is 0 Å². The molecule has 1 aromatic heterocycles. The first-order valence-corrected chi connectivity index (χ1v) is 15.3. The molecule has 1 unspecified atom stereocenters. The van der Waals surface area contributed by atoms with E-state index in [9.17, 15) is 4.79 Å². The van der Waals surface area contributed by atoms with E-state index in [2.05, 4.69) is 73.6 Å². The third kappa shape index (κ3) is 5.90. The maximum atomic E-state index is 12.7. The molecule has 0 aliphatic carbocycles. The number of nitrogens with zero attached hydrogens (tertiary/aromatic N) is 2. The molecule has 0 fully saturated rings. The van der Waals surface area contributed by atoms with Crippen molar-refractivity contribution in [3.05, 3.63) is 59.4 Å². The highest BCUT2D eigenvalue weighted by Gasteiger charge is 2.28. The van der Waals surface area contributed by atoms with Crippen molar-refractivity contribution in [2.24, 2.45) is 5.92 Å². The number of ether oxygens (including phenoxy) is 1. The molecule has 3 aromatic rings. The Bertz CT molecular complexity index is 1220. The van der Waals surface area contributed by atoms with Crippen LogP contribution in [0.2, 0.25) is 19.6 Å². The van der Waals surface area contributed by atoms with Crippen molar-refractivity contribution in [1.29, 1.82) is 0 Å². The van der Waals surface area contributed by atoms with Crippen LogP contribution in [-0.2, 0) is 11.3 Å². The van der Waals surface area contributed by atoms with Crippen molar-refractivity contribution in [1.82, 2.24) is 14.9 Å². The van der Waals surface area contributed by atoms with Gasteiger partial charge in [-0.25, -0.2) is 9.78 Å². The third-order valence-electron chi connectivity index (χ3n) is 5.71. The molecule has 5 nitrogen and oxygen atoms in total. The SMILES string of the molecule is C#Cc1cccc2c1nc(C(NC(=O)OC(C)(C)C)C(C)C)n2Cc1cccc([Si](C)(C)C)c1. The van der Waals surface area contributed by atoms with Crippen molar-refractivity contribution >= 4 is 30.4 Å². The molecule has 0 spiro atoms. The standard InChI is InChI=1S/C28H37N3O2Si/c1-10-21-14-12-16-23-25(21)29-26(24(19(2)3)30-27(32)33-28(4,5)6)31(23)18-20-13-11-15-22(17-20)34(7,8)9/h1,11-17,19,24H,18H2,2-9H3,(H,30,32). The number of imidazole rings is 1. The quantitative estimate of drug-likeness (QED) is 0.360. The number of terminal acetylenes is 1. The van der Waals surface area contributed by atoms with E-state index in [1.54, 1.807) is 0 Å². The Morgan fingerprint density at radius 2 is 1.85 bits per heavy atom. The Morgan fingerprint density at radius 3 is 2.44 bits per heavy atom. The molecule has 0 radical (unpaired) electrons. The number of fused-ring (bicyclic) bond motifs is 1. The largest absolute Gasteiger partial charge is 0.444 e. The molecule has 1 heterocycles. The van der Waals surface area contributed by atoms with Crippen LogP contribution < -0.4 is 10.5 Å². The van der Waals surface area contributed by atoms with Gasteiger partial charge in [0.05, 0.1) is 25.2 Å². The number of carbonyl (C=O) groups is 1. The second kappa shape index (κ2) is 9.67. The number of amides is 1. The molecule has 2 aromatic carbocycles. The summed E-state index contributed by atoms with van der Waals surface area (Å²) in [6, 6.07) is 14.4. The second-order valence-corrected chi connectivity index (χ2v) is 16.3. The van der Waals surface area contributed by atoms with Crippen LogP contribution in [0.3, 0.4) is 0 Å². The van der Waals surface area contributed by atoms with E-state index in [1.807, 2.05) is 39.0 Å². The summed E-state index contributed by atoms with van der Waals surface area (Å²) in [4.78, 5) is 17.7. The minimum atomic E-state index is -1.46. The zero-order valence-electron chi connectivity index (χ0n) is 21.7. The van der Waals surface area contributed by atoms with E-state index in [4.69, 9.17) is 16.1 Å². The van der Waals surface area contributed by atoms with Gasteiger partial charge < -0.3 is 14.6 Å². The maximum absolute atomic E-state index is 12.7. The van der Waals surface area contributed by atoms with Gasteiger partial charge in [-0.2, -0.15) is 0 Å². The van der Waals surface area contributed by atoms with E-state index in [-0.39, 0.29) is 12.0 Å². The van der Waals surface area contributed by atoms with Gasteiger partial charge >= 0.3 is 6.09 Å². The van der Waals surface area contributed by atoms with Crippen molar-refractivity contribution in [2.45, 2.75) is 72.4 Å². The zero-order chi connectivity index (χ0) is 25.3. The Balaban J connectivity index is 2.13. The number of rotatable bonds is 6. The highest BCUT2D eigenvalue weighted by Crippen LogP contribution is 2.29. The van der Waals surface area contributed by atoms with Gasteiger partial charge in [0, 0.05) is 6.54 Å². The third-order valence-corrected chi connectivity index (χ3v) is 7.76. The van der Waals surface area contributed by atoms with Crippen LogP contribution in [0.1, 0.15) is 57.6 Å². The highest BCUT2D eigenvalue weighted by atomic mass is 28.3. The van der Waals surface area contributed by atoms with E-state index in [0.717, 1.165) is 22.4 Å². The summed E-state index contributed by atoms with van der Waals surface area (Å²) < 4.78 is 7.74. The number of hydrogen-bond acceptors (Lipinski definition) is 3. The van der Waals surface area contributed by atoms with Gasteiger partial charge in [-0.1, -0.05) is 74.9 Å². The minimum Gasteiger partial charge on any atom is -0.444 e. The molecule has 34 heavy (non-hydrogen) atoms. The Hall–Kier alpha value is -3.04. The lowest BCUT2D eigenvalue weighted by Crippen LogP contribution is -2.38. The fraction of sp³-hybridized carbons (Fsp3) is 0.429. The summed E-state index contributed by atoms with van der Waals surface area (Å²) >= 11 is 0. The molecular weight excluding hydrogens is 438 g/mol. The summed E-state index contributed by atoms with van der Waals surface area (Å²) in [6.45, 7) is 17.4. The first kappa shape index (κ1) is 25.6. The van der Waals surface area contributed by atoms with Crippen molar-refractivity contribution in [2.75, 3.05) is 0 Å². The summed E-state index contributed by atoms with van der Waals surface area (Å²) in [7, 11) is -1.46. The van der Waals surface area contributed by atoms with E-state index in [0.29, 0.717) is 6.54 Å². The maximum Gasteiger partial charge on any atom is 0.408 e. The smallest absolute Gasteiger partial charge is 0.408 e. The van der Waals surface area contributed by atoms with Gasteiger partial charge in [0.25, 0.3) is 0 Å². The molecule has 1 atom stereocenters. The number of nitrogens with one attached hydrogen (secondary N) is 1. The van der Waals surface area contributed by atoms with Gasteiger partial charge in [-0.15, -0.1) is 6.42 Å². The van der Waals surface area contributed by atoms with Gasteiger partial charge in [0.15, 0.2) is 0 Å². The lowest BCUT2D eigenvalue weighted by atomic mass is 10.0. The average molecular weight is 476 g/mol. The first-order valence-electron chi connectivity index (χ1n) is 11.8. The Kier molecular flexibility index (Phi) is 7.28. The molecule has 0 saturated carbocycles. The summed E-state index contributed by atoms with van der Waals surface area (Å²) in [5, 5.41) is 4.47. The van der Waals surface area contributed by atoms with Crippen LogP contribution in [0.15, 0.2) is 42.5 Å². The van der Waals surface area contributed by atoms with Crippen LogP contribution in [0.25, 0.3) is 11.0 Å². The molecule has 0 bridgehead atoms. The van der Waals surface area contributed by atoms with E-state index in [1.165, 1.54) is 10.8 Å². The molecule has 0 aliphatic rings. The fourth-order valence-electron chi connectivity index (χ4n) is 3.97. The molecule has 0 saturated heterocycles. The van der Waals surface area contributed by atoms with Crippen molar-refractivity contribution < 1.29 is 9.53 Å². The van der Waals surface area contributed by atoms with Gasteiger partial charge in [-0.05, 0) is 44.4 Å². The number of aromatic nitrogens is 2. The van der Waals surface area contributed by atoms with E-state index < -0.39 is 19.8 Å². The van der Waals surface area contributed by atoms with Crippen LogP contribution in [0.4, 0.5) is 4.79 Å². The fourth-order valence-corrected chi connectivity index (χ4v) is 5.18. The van der Waals surface area contributed by atoms with Crippen LogP contribution in [0, 0.1) is 18.3 Å². The molecule has 3 rings (SSSR count). The number of hydrogen-bond donors (Lipinski definition) is 1. The number of carbonyl (C=O) groups excluding carboxylic acids is 1. The average Bonchev–Trinajstić information content (AvgIpc) is 3.08.